The zero-order chi connectivity index (χ0) is 19.9. The van der Waals surface area contributed by atoms with Gasteiger partial charge in [0.05, 0.1) is 16.3 Å². The van der Waals surface area contributed by atoms with E-state index in [9.17, 15) is 4.79 Å². The molecule has 0 saturated heterocycles. The molecule has 0 atom stereocenters. The van der Waals surface area contributed by atoms with E-state index in [-0.39, 0.29) is 5.91 Å². The molecule has 3 aromatic carbocycles. The standard InChI is InChI=1S/C21H15Br2ClN2O2/c22-18-4-2-1-3-17(18)21(27)26-25-12-15-7-10-20(19(23)11-15)28-13-14-5-8-16(24)9-6-14/h1-12H,13H2,(H,26,27)/b25-12-. The Balaban J connectivity index is 1.59. The third kappa shape index (κ3) is 5.67. The van der Waals surface area contributed by atoms with Crippen LogP contribution in [0.2, 0.25) is 5.02 Å². The fourth-order valence-electron chi connectivity index (χ4n) is 2.33. The predicted molar refractivity (Wildman–Crippen MR) is 119 cm³/mol. The van der Waals surface area contributed by atoms with Gasteiger partial charge in [-0.25, -0.2) is 5.43 Å². The Morgan fingerprint density at radius 2 is 1.79 bits per heavy atom. The summed E-state index contributed by atoms with van der Waals surface area (Å²) in [6.07, 6.45) is 1.57. The third-order valence-electron chi connectivity index (χ3n) is 3.76. The third-order valence-corrected chi connectivity index (χ3v) is 5.32. The van der Waals surface area contributed by atoms with Crippen LogP contribution < -0.4 is 10.2 Å². The Morgan fingerprint density at radius 1 is 1.04 bits per heavy atom. The average Bonchev–Trinajstić information content (AvgIpc) is 2.69. The molecule has 142 valence electrons. The summed E-state index contributed by atoms with van der Waals surface area (Å²) in [7, 11) is 0. The number of carbonyl (C=O) groups excluding carboxylic acids is 1. The monoisotopic (exact) mass is 520 g/mol. The molecule has 0 unspecified atom stereocenters. The molecule has 0 aliphatic heterocycles. The summed E-state index contributed by atoms with van der Waals surface area (Å²) in [4.78, 5) is 12.1. The van der Waals surface area contributed by atoms with Crippen molar-refractivity contribution in [3.05, 3.63) is 97.4 Å². The fraction of sp³-hybridized carbons (Fsp3) is 0.0476. The predicted octanol–water partition coefficient (Wildman–Crippen LogP) is 6.21. The highest BCUT2D eigenvalue weighted by molar-refractivity contribution is 9.10. The van der Waals surface area contributed by atoms with Gasteiger partial charge < -0.3 is 4.74 Å². The van der Waals surface area contributed by atoms with Crippen LogP contribution in [0.3, 0.4) is 0 Å². The van der Waals surface area contributed by atoms with Gasteiger partial charge in [0.2, 0.25) is 0 Å². The number of hydrogen-bond acceptors (Lipinski definition) is 3. The molecule has 0 heterocycles. The Morgan fingerprint density at radius 3 is 2.50 bits per heavy atom. The van der Waals surface area contributed by atoms with E-state index in [4.69, 9.17) is 16.3 Å². The molecule has 0 aromatic heterocycles. The molecule has 3 aromatic rings. The van der Waals surface area contributed by atoms with Gasteiger partial charge in [-0.1, -0.05) is 35.9 Å². The van der Waals surface area contributed by atoms with E-state index in [1.807, 2.05) is 48.5 Å². The number of amides is 1. The van der Waals surface area contributed by atoms with Gasteiger partial charge in [0.15, 0.2) is 0 Å². The highest BCUT2D eigenvalue weighted by Gasteiger charge is 2.07. The first-order valence-electron chi connectivity index (χ1n) is 8.27. The number of halogens is 3. The zero-order valence-electron chi connectivity index (χ0n) is 14.5. The van der Waals surface area contributed by atoms with Gasteiger partial charge in [0.1, 0.15) is 12.4 Å². The maximum Gasteiger partial charge on any atom is 0.272 e. The summed E-state index contributed by atoms with van der Waals surface area (Å²) in [5, 5.41) is 4.71. The van der Waals surface area contributed by atoms with Crippen molar-refractivity contribution in [2.45, 2.75) is 6.61 Å². The minimum absolute atomic E-state index is 0.286. The summed E-state index contributed by atoms with van der Waals surface area (Å²) >= 11 is 12.7. The quantitative estimate of drug-likeness (QED) is 0.309. The summed E-state index contributed by atoms with van der Waals surface area (Å²) < 4.78 is 7.33. The smallest absolute Gasteiger partial charge is 0.272 e. The number of carbonyl (C=O) groups is 1. The van der Waals surface area contributed by atoms with Crippen molar-refractivity contribution in [2.75, 3.05) is 0 Å². The van der Waals surface area contributed by atoms with Crippen LogP contribution in [0.25, 0.3) is 0 Å². The van der Waals surface area contributed by atoms with Gasteiger partial charge in [-0.05, 0) is 85.5 Å². The van der Waals surface area contributed by atoms with E-state index in [1.165, 1.54) is 0 Å². The van der Waals surface area contributed by atoms with Crippen molar-refractivity contribution >= 4 is 55.6 Å². The first-order valence-corrected chi connectivity index (χ1v) is 10.2. The van der Waals surface area contributed by atoms with Gasteiger partial charge in [-0.15, -0.1) is 0 Å². The number of benzene rings is 3. The van der Waals surface area contributed by atoms with Crippen LogP contribution in [-0.4, -0.2) is 12.1 Å². The Kier molecular flexibility index (Phi) is 7.25. The lowest BCUT2D eigenvalue weighted by atomic mass is 10.2. The van der Waals surface area contributed by atoms with Crippen LogP contribution in [0.5, 0.6) is 5.75 Å². The minimum atomic E-state index is -0.286. The fourth-order valence-corrected chi connectivity index (χ4v) is 3.43. The average molecular weight is 523 g/mol. The number of nitrogens with one attached hydrogen (secondary N) is 1. The Hall–Kier alpha value is -2.15. The van der Waals surface area contributed by atoms with Gasteiger partial charge in [0.25, 0.3) is 5.91 Å². The van der Waals surface area contributed by atoms with Crippen LogP contribution in [-0.2, 0) is 6.61 Å². The van der Waals surface area contributed by atoms with Crippen LogP contribution in [0.4, 0.5) is 0 Å². The molecular formula is C21H15Br2ClN2O2. The molecule has 7 heteroatoms. The van der Waals surface area contributed by atoms with Crippen molar-refractivity contribution in [1.29, 1.82) is 0 Å². The van der Waals surface area contributed by atoms with Crippen LogP contribution in [0.1, 0.15) is 21.5 Å². The first-order chi connectivity index (χ1) is 13.5. The second-order valence-electron chi connectivity index (χ2n) is 5.78. The zero-order valence-corrected chi connectivity index (χ0v) is 18.5. The normalized spacial score (nSPS) is 10.8. The number of ether oxygens (including phenoxy) is 1. The molecule has 1 N–H and O–H groups in total. The minimum Gasteiger partial charge on any atom is -0.488 e. The highest BCUT2D eigenvalue weighted by Crippen LogP contribution is 2.26. The molecule has 4 nitrogen and oxygen atoms in total. The molecule has 1 amide bonds. The SMILES string of the molecule is O=C(N/N=C\c1ccc(OCc2ccc(Cl)cc2)c(Br)c1)c1ccccc1Br. The maximum absolute atomic E-state index is 12.1. The molecule has 0 aliphatic rings. The molecule has 0 fully saturated rings. The van der Waals surface area contributed by atoms with E-state index in [2.05, 4.69) is 42.4 Å². The lowest BCUT2D eigenvalue weighted by molar-refractivity contribution is 0.0954. The van der Waals surface area contributed by atoms with E-state index in [0.717, 1.165) is 15.6 Å². The largest absolute Gasteiger partial charge is 0.488 e. The van der Waals surface area contributed by atoms with E-state index in [0.29, 0.717) is 27.4 Å². The Labute approximate surface area is 184 Å². The maximum atomic E-state index is 12.1. The van der Waals surface area contributed by atoms with Crippen molar-refractivity contribution in [2.24, 2.45) is 5.10 Å². The number of rotatable bonds is 6. The van der Waals surface area contributed by atoms with Crippen molar-refractivity contribution in [1.82, 2.24) is 5.43 Å². The lowest BCUT2D eigenvalue weighted by Crippen LogP contribution is -2.18. The summed E-state index contributed by atoms with van der Waals surface area (Å²) in [5.41, 5.74) is 4.88. The summed E-state index contributed by atoms with van der Waals surface area (Å²) in [6, 6.07) is 20.2. The topological polar surface area (TPSA) is 50.7 Å². The molecule has 0 aliphatic carbocycles. The van der Waals surface area contributed by atoms with Gasteiger partial charge in [0, 0.05) is 9.50 Å². The van der Waals surface area contributed by atoms with Gasteiger partial charge >= 0.3 is 0 Å². The molecule has 0 spiro atoms. The van der Waals surface area contributed by atoms with Gasteiger partial charge in [-0.3, -0.25) is 4.79 Å². The van der Waals surface area contributed by atoms with Crippen LogP contribution in [0.15, 0.2) is 80.8 Å². The van der Waals surface area contributed by atoms with Crippen LogP contribution in [0, 0.1) is 0 Å². The van der Waals surface area contributed by atoms with E-state index < -0.39 is 0 Å². The highest BCUT2D eigenvalue weighted by atomic mass is 79.9. The Bertz CT molecular complexity index is 1010. The van der Waals surface area contributed by atoms with Crippen LogP contribution >= 0.6 is 43.5 Å². The number of hydrazone groups is 1. The molecule has 28 heavy (non-hydrogen) atoms. The molecule has 3 rings (SSSR count). The molecule has 0 radical (unpaired) electrons. The molecular weight excluding hydrogens is 508 g/mol. The lowest BCUT2D eigenvalue weighted by Gasteiger charge is -2.09. The van der Waals surface area contributed by atoms with Crippen molar-refractivity contribution in [3.8, 4) is 5.75 Å². The second kappa shape index (κ2) is 9.87. The van der Waals surface area contributed by atoms with Gasteiger partial charge in [-0.2, -0.15) is 5.10 Å². The van der Waals surface area contributed by atoms with E-state index in [1.54, 1.807) is 24.4 Å². The number of hydrogen-bond donors (Lipinski definition) is 1. The molecule has 0 saturated carbocycles. The van der Waals surface area contributed by atoms with Crippen molar-refractivity contribution in [3.63, 3.8) is 0 Å². The summed E-state index contributed by atoms with van der Waals surface area (Å²) in [6.45, 7) is 0.436. The molecule has 0 bridgehead atoms. The second-order valence-corrected chi connectivity index (χ2v) is 7.93. The van der Waals surface area contributed by atoms with Crippen molar-refractivity contribution < 1.29 is 9.53 Å². The van der Waals surface area contributed by atoms with E-state index >= 15 is 0 Å². The first kappa shape index (κ1) is 20.6. The summed E-state index contributed by atoms with van der Waals surface area (Å²) in [5.74, 6) is 0.426. The number of nitrogens with zero attached hydrogens (tertiary/aromatic N) is 1.